The Morgan fingerprint density at radius 1 is 1.21 bits per heavy atom. The van der Waals surface area contributed by atoms with Gasteiger partial charge in [0.15, 0.2) is 11.0 Å². The summed E-state index contributed by atoms with van der Waals surface area (Å²) in [5.41, 5.74) is 6.95. The molecular weight excluding hydrogens is 385 g/mol. The summed E-state index contributed by atoms with van der Waals surface area (Å²) >= 11 is 1.49. The van der Waals surface area contributed by atoms with Gasteiger partial charge in [-0.1, -0.05) is 49.0 Å². The lowest BCUT2D eigenvalue weighted by molar-refractivity contribution is 0.0988. The third kappa shape index (κ3) is 3.90. The molecule has 0 fully saturated rings. The number of hydrogen-bond donors (Lipinski definition) is 1. The highest BCUT2D eigenvalue weighted by Crippen LogP contribution is 2.40. The molecule has 4 rings (SSSR count). The van der Waals surface area contributed by atoms with Crippen molar-refractivity contribution in [3.8, 4) is 0 Å². The Kier molecular flexibility index (Phi) is 5.37. The number of carbonyl (C=O) groups is 1. The molecular formula is C23H22FN3OS. The van der Waals surface area contributed by atoms with Crippen LogP contribution < -0.4 is 5.73 Å². The van der Waals surface area contributed by atoms with E-state index in [1.165, 1.54) is 17.8 Å². The monoisotopic (exact) mass is 407 g/mol. The number of ketones is 1. The second-order valence-corrected chi connectivity index (χ2v) is 8.38. The molecule has 2 N–H and O–H groups in total. The van der Waals surface area contributed by atoms with Gasteiger partial charge in [-0.2, -0.15) is 0 Å². The Balaban J connectivity index is 1.65. The molecule has 0 amide bonds. The maximum atomic E-state index is 14.7. The van der Waals surface area contributed by atoms with E-state index < -0.39 is 5.54 Å². The van der Waals surface area contributed by atoms with Crippen molar-refractivity contribution in [1.29, 1.82) is 0 Å². The number of amidine groups is 1. The zero-order chi connectivity index (χ0) is 20.4. The molecule has 0 saturated heterocycles. The van der Waals surface area contributed by atoms with Gasteiger partial charge >= 0.3 is 0 Å². The van der Waals surface area contributed by atoms with Gasteiger partial charge < -0.3 is 5.73 Å². The normalized spacial score (nSPS) is 19.2. The summed E-state index contributed by atoms with van der Waals surface area (Å²) in [6.07, 6.45) is 3.23. The summed E-state index contributed by atoms with van der Waals surface area (Å²) < 4.78 is 14.7. The third-order valence-electron chi connectivity index (χ3n) is 5.49. The van der Waals surface area contributed by atoms with Crippen LogP contribution in [0.25, 0.3) is 10.8 Å². The lowest BCUT2D eigenvalue weighted by Crippen LogP contribution is -2.32. The lowest BCUT2D eigenvalue weighted by atomic mass is 9.83. The number of benzene rings is 2. The SMILES string of the molecule is CC[C@@]1(c2cc(CC(=O)c3cc4ccccc4cn3)ccc2F)CCSC(N)=N1. The van der Waals surface area contributed by atoms with E-state index in [4.69, 9.17) is 5.73 Å². The molecule has 1 aromatic heterocycles. The molecule has 4 nitrogen and oxygen atoms in total. The number of thioether (sulfide) groups is 1. The van der Waals surface area contributed by atoms with Crippen LogP contribution in [-0.4, -0.2) is 21.7 Å². The summed E-state index contributed by atoms with van der Waals surface area (Å²) in [5, 5.41) is 2.45. The Morgan fingerprint density at radius 3 is 2.76 bits per heavy atom. The number of halogens is 1. The minimum atomic E-state index is -0.667. The van der Waals surface area contributed by atoms with Crippen molar-refractivity contribution >= 4 is 33.5 Å². The number of nitrogens with two attached hydrogens (primary N) is 1. The number of nitrogens with zero attached hydrogens (tertiary/aromatic N) is 2. The van der Waals surface area contributed by atoms with Gasteiger partial charge in [-0.05, 0) is 42.0 Å². The van der Waals surface area contributed by atoms with E-state index in [1.807, 2.05) is 31.2 Å². The third-order valence-corrected chi connectivity index (χ3v) is 6.28. The van der Waals surface area contributed by atoms with Crippen molar-refractivity contribution in [2.45, 2.75) is 31.7 Å². The van der Waals surface area contributed by atoms with Crippen molar-refractivity contribution in [3.05, 3.63) is 77.4 Å². The van der Waals surface area contributed by atoms with E-state index in [1.54, 1.807) is 24.4 Å². The van der Waals surface area contributed by atoms with Crippen LogP contribution in [0.2, 0.25) is 0 Å². The molecule has 0 spiro atoms. The number of pyridine rings is 1. The van der Waals surface area contributed by atoms with E-state index in [0.29, 0.717) is 22.8 Å². The molecule has 0 unspecified atom stereocenters. The Bertz CT molecular complexity index is 1110. The Morgan fingerprint density at radius 2 is 2.00 bits per heavy atom. The van der Waals surface area contributed by atoms with Crippen LogP contribution in [0.15, 0.2) is 59.7 Å². The number of aliphatic imine (C=N–C) groups is 1. The van der Waals surface area contributed by atoms with Crippen molar-refractivity contribution in [2.75, 3.05) is 5.75 Å². The average molecular weight is 408 g/mol. The first kappa shape index (κ1) is 19.6. The van der Waals surface area contributed by atoms with Crippen LogP contribution in [-0.2, 0) is 12.0 Å². The first-order valence-corrected chi connectivity index (χ1v) is 10.6. The summed E-state index contributed by atoms with van der Waals surface area (Å²) in [6, 6.07) is 14.4. The first-order valence-electron chi connectivity index (χ1n) is 9.66. The molecule has 0 bridgehead atoms. The summed E-state index contributed by atoms with van der Waals surface area (Å²) in [6.45, 7) is 1.99. The lowest BCUT2D eigenvalue weighted by Gasteiger charge is -2.33. The fraction of sp³-hybridized carbons (Fsp3) is 0.261. The number of rotatable bonds is 5. The highest BCUT2D eigenvalue weighted by atomic mass is 32.2. The smallest absolute Gasteiger partial charge is 0.185 e. The minimum absolute atomic E-state index is 0.0962. The minimum Gasteiger partial charge on any atom is -0.379 e. The van der Waals surface area contributed by atoms with E-state index >= 15 is 0 Å². The maximum absolute atomic E-state index is 14.7. The molecule has 0 aliphatic carbocycles. The molecule has 2 heterocycles. The second-order valence-electron chi connectivity index (χ2n) is 7.26. The van der Waals surface area contributed by atoms with Gasteiger partial charge in [0.1, 0.15) is 11.5 Å². The maximum Gasteiger partial charge on any atom is 0.185 e. The summed E-state index contributed by atoms with van der Waals surface area (Å²) in [4.78, 5) is 21.7. The fourth-order valence-corrected chi connectivity index (χ4v) is 4.70. The molecule has 3 aromatic rings. The second kappa shape index (κ2) is 7.95. The van der Waals surface area contributed by atoms with Crippen LogP contribution in [0.3, 0.4) is 0 Å². The molecule has 1 aliphatic heterocycles. The van der Waals surface area contributed by atoms with Gasteiger partial charge in [0.25, 0.3) is 0 Å². The fourth-order valence-electron chi connectivity index (χ4n) is 3.82. The van der Waals surface area contributed by atoms with Crippen LogP contribution >= 0.6 is 11.8 Å². The molecule has 29 heavy (non-hydrogen) atoms. The molecule has 1 aliphatic rings. The number of hydrogen-bond acceptors (Lipinski definition) is 5. The topological polar surface area (TPSA) is 68.3 Å². The van der Waals surface area contributed by atoms with Crippen LogP contribution in [0, 0.1) is 5.82 Å². The van der Waals surface area contributed by atoms with Gasteiger partial charge in [0.05, 0.1) is 5.54 Å². The molecule has 148 valence electrons. The number of fused-ring (bicyclic) bond motifs is 1. The molecule has 0 saturated carbocycles. The van der Waals surface area contributed by atoms with Gasteiger partial charge in [-0.3, -0.25) is 14.8 Å². The quantitative estimate of drug-likeness (QED) is 0.614. The van der Waals surface area contributed by atoms with E-state index in [-0.39, 0.29) is 18.0 Å². The highest BCUT2D eigenvalue weighted by molar-refractivity contribution is 8.13. The van der Waals surface area contributed by atoms with Gasteiger partial charge in [0.2, 0.25) is 0 Å². The van der Waals surface area contributed by atoms with E-state index in [9.17, 15) is 9.18 Å². The van der Waals surface area contributed by atoms with E-state index in [2.05, 4.69) is 9.98 Å². The summed E-state index contributed by atoms with van der Waals surface area (Å²) in [7, 11) is 0. The number of carbonyl (C=O) groups excluding carboxylic acids is 1. The number of aromatic nitrogens is 1. The average Bonchev–Trinajstić information content (AvgIpc) is 2.74. The molecule has 0 radical (unpaired) electrons. The van der Waals surface area contributed by atoms with Crippen molar-refractivity contribution in [1.82, 2.24) is 4.98 Å². The van der Waals surface area contributed by atoms with Crippen molar-refractivity contribution in [3.63, 3.8) is 0 Å². The number of Topliss-reactive ketones (excluding diaryl/α,β-unsaturated/α-hetero) is 1. The first-order chi connectivity index (χ1) is 14.0. The molecule has 6 heteroatoms. The highest BCUT2D eigenvalue weighted by Gasteiger charge is 2.35. The van der Waals surface area contributed by atoms with Crippen molar-refractivity contribution < 1.29 is 9.18 Å². The zero-order valence-electron chi connectivity index (χ0n) is 16.2. The standard InChI is InChI=1S/C23H22FN3OS/c1-2-23(9-10-29-22(25)27-23)18-11-15(7-8-19(18)24)12-21(28)20-13-16-5-3-4-6-17(16)14-26-20/h3-8,11,13-14H,2,9-10,12H2,1H3,(H2,25,27)/t23-/m0/s1. The predicted octanol–water partition coefficient (Wildman–Crippen LogP) is 4.86. The van der Waals surface area contributed by atoms with Crippen LogP contribution in [0.4, 0.5) is 4.39 Å². The Hall–Kier alpha value is -2.73. The van der Waals surface area contributed by atoms with Gasteiger partial charge in [0, 0.05) is 29.3 Å². The molecule has 2 aromatic carbocycles. The van der Waals surface area contributed by atoms with Crippen molar-refractivity contribution in [2.24, 2.45) is 10.7 Å². The van der Waals surface area contributed by atoms with Crippen LogP contribution in [0.1, 0.15) is 41.4 Å². The van der Waals surface area contributed by atoms with Gasteiger partial charge in [-0.25, -0.2) is 4.39 Å². The summed E-state index contributed by atoms with van der Waals surface area (Å²) in [5.74, 6) is 0.392. The molecule has 1 atom stereocenters. The van der Waals surface area contributed by atoms with E-state index in [0.717, 1.165) is 28.5 Å². The predicted molar refractivity (Wildman–Crippen MR) is 117 cm³/mol. The Labute approximate surface area is 173 Å². The van der Waals surface area contributed by atoms with Crippen LogP contribution in [0.5, 0.6) is 0 Å². The largest absolute Gasteiger partial charge is 0.379 e. The van der Waals surface area contributed by atoms with Gasteiger partial charge in [-0.15, -0.1) is 0 Å². The zero-order valence-corrected chi connectivity index (χ0v) is 17.0.